The smallest absolute Gasteiger partial charge is 0.251 e. The Labute approximate surface area is 165 Å². The van der Waals surface area contributed by atoms with Crippen LogP contribution in [0.2, 0.25) is 0 Å². The SMILES string of the molecule is Cc1ccc(S(=O)(=O)[C@@H](CNC(=O)c2ccccc2C)c2ccco2)cc1C. The topological polar surface area (TPSA) is 76.4 Å². The number of rotatable bonds is 6. The van der Waals surface area contributed by atoms with Crippen molar-refractivity contribution in [1.82, 2.24) is 5.32 Å². The normalized spacial score (nSPS) is 12.5. The molecule has 0 bridgehead atoms. The predicted molar refractivity (Wildman–Crippen MR) is 108 cm³/mol. The fourth-order valence-corrected chi connectivity index (χ4v) is 4.67. The largest absolute Gasteiger partial charge is 0.468 e. The highest BCUT2D eigenvalue weighted by molar-refractivity contribution is 7.91. The summed E-state index contributed by atoms with van der Waals surface area (Å²) in [6.07, 6.45) is 1.43. The minimum absolute atomic E-state index is 0.0874. The average molecular weight is 397 g/mol. The second-order valence-corrected chi connectivity index (χ2v) is 8.95. The van der Waals surface area contributed by atoms with Crippen molar-refractivity contribution in [1.29, 1.82) is 0 Å². The third kappa shape index (κ3) is 4.02. The lowest BCUT2D eigenvalue weighted by Gasteiger charge is -2.18. The van der Waals surface area contributed by atoms with E-state index in [2.05, 4.69) is 5.32 Å². The summed E-state index contributed by atoms with van der Waals surface area (Å²) < 4.78 is 32.0. The molecule has 5 nitrogen and oxygen atoms in total. The van der Waals surface area contributed by atoms with Gasteiger partial charge in [-0.3, -0.25) is 4.79 Å². The minimum atomic E-state index is -3.76. The van der Waals surface area contributed by atoms with Gasteiger partial charge in [-0.25, -0.2) is 8.42 Å². The summed E-state index contributed by atoms with van der Waals surface area (Å²) >= 11 is 0. The Morgan fingerprint density at radius 1 is 0.964 bits per heavy atom. The Bertz CT molecular complexity index is 1090. The standard InChI is InChI=1S/C22H23NO4S/c1-15-10-11-18(13-17(15)3)28(25,26)21(20-9-6-12-27-20)14-23-22(24)19-8-5-4-7-16(19)2/h4-13,21H,14H2,1-3H3,(H,23,24)/t21-/m0/s1. The molecule has 1 aromatic heterocycles. The van der Waals surface area contributed by atoms with Crippen LogP contribution in [0.5, 0.6) is 0 Å². The highest BCUT2D eigenvalue weighted by atomic mass is 32.2. The third-order valence-corrected chi connectivity index (χ3v) is 6.94. The first-order chi connectivity index (χ1) is 13.3. The maximum Gasteiger partial charge on any atom is 0.251 e. The molecule has 146 valence electrons. The van der Waals surface area contributed by atoms with E-state index in [4.69, 9.17) is 4.42 Å². The third-order valence-electron chi connectivity index (χ3n) is 4.88. The van der Waals surface area contributed by atoms with Crippen LogP contribution in [-0.4, -0.2) is 20.9 Å². The molecule has 3 rings (SSSR count). The van der Waals surface area contributed by atoms with Gasteiger partial charge in [0.25, 0.3) is 5.91 Å². The van der Waals surface area contributed by atoms with Crippen molar-refractivity contribution in [3.63, 3.8) is 0 Å². The van der Waals surface area contributed by atoms with Gasteiger partial charge in [0.2, 0.25) is 0 Å². The lowest BCUT2D eigenvalue weighted by Crippen LogP contribution is -2.32. The van der Waals surface area contributed by atoms with E-state index < -0.39 is 15.1 Å². The first kappa shape index (κ1) is 19.9. The number of nitrogens with one attached hydrogen (secondary N) is 1. The highest BCUT2D eigenvalue weighted by Crippen LogP contribution is 2.30. The molecule has 1 heterocycles. The van der Waals surface area contributed by atoms with Gasteiger partial charge >= 0.3 is 0 Å². The molecule has 0 radical (unpaired) electrons. The van der Waals surface area contributed by atoms with Gasteiger partial charge in [-0.2, -0.15) is 0 Å². The van der Waals surface area contributed by atoms with Crippen LogP contribution in [0.25, 0.3) is 0 Å². The van der Waals surface area contributed by atoms with E-state index in [0.29, 0.717) is 11.3 Å². The summed E-state index contributed by atoms with van der Waals surface area (Å²) in [4.78, 5) is 12.8. The van der Waals surface area contributed by atoms with Crippen LogP contribution in [-0.2, 0) is 9.84 Å². The fraction of sp³-hybridized carbons (Fsp3) is 0.227. The van der Waals surface area contributed by atoms with E-state index in [1.807, 2.05) is 32.9 Å². The van der Waals surface area contributed by atoms with Crippen LogP contribution < -0.4 is 5.32 Å². The summed E-state index contributed by atoms with van der Waals surface area (Å²) in [6.45, 7) is 5.55. The summed E-state index contributed by atoms with van der Waals surface area (Å²) in [6, 6.07) is 15.5. The van der Waals surface area contributed by atoms with E-state index in [1.54, 1.807) is 42.5 Å². The second kappa shape index (κ2) is 8.02. The lowest BCUT2D eigenvalue weighted by atomic mass is 10.1. The van der Waals surface area contributed by atoms with Gasteiger partial charge in [0.05, 0.1) is 11.2 Å². The minimum Gasteiger partial charge on any atom is -0.468 e. The molecule has 0 aliphatic carbocycles. The Balaban J connectivity index is 1.91. The lowest BCUT2D eigenvalue weighted by molar-refractivity contribution is 0.0952. The molecule has 6 heteroatoms. The summed E-state index contributed by atoms with van der Waals surface area (Å²) in [5.41, 5.74) is 3.25. The van der Waals surface area contributed by atoms with Crippen molar-refractivity contribution in [2.75, 3.05) is 6.54 Å². The van der Waals surface area contributed by atoms with E-state index in [0.717, 1.165) is 16.7 Å². The molecule has 0 unspecified atom stereocenters. The van der Waals surface area contributed by atoms with Gasteiger partial charge in [-0.1, -0.05) is 24.3 Å². The van der Waals surface area contributed by atoms with Crippen molar-refractivity contribution < 1.29 is 17.6 Å². The number of aryl methyl sites for hydroxylation is 3. The molecular formula is C22H23NO4S. The molecule has 3 aromatic rings. The van der Waals surface area contributed by atoms with Crippen LogP contribution >= 0.6 is 0 Å². The van der Waals surface area contributed by atoms with E-state index in [9.17, 15) is 13.2 Å². The first-order valence-electron chi connectivity index (χ1n) is 8.99. The Hall–Kier alpha value is -2.86. The molecule has 2 aromatic carbocycles. The van der Waals surface area contributed by atoms with Crippen LogP contribution in [0.1, 0.15) is 38.1 Å². The Morgan fingerprint density at radius 3 is 2.36 bits per heavy atom. The quantitative estimate of drug-likeness (QED) is 0.678. The van der Waals surface area contributed by atoms with Crippen molar-refractivity contribution in [2.45, 2.75) is 30.9 Å². The fourth-order valence-electron chi connectivity index (χ4n) is 3.00. The zero-order valence-electron chi connectivity index (χ0n) is 16.1. The number of amides is 1. The Morgan fingerprint density at radius 2 is 1.71 bits per heavy atom. The van der Waals surface area contributed by atoms with Crippen molar-refractivity contribution >= 4 is 15.7 Å². The Kier molecular flexibility index (Phi) is 5.70. The van der Waals surface area contributed by atoms with Crippen molar-refractivity contribution in [2.24, 2.45) is 0 Å². The number of hydrogen-bond donors (Lipinski definition) is 1. The molecule has 0 saturated heterocycles. The van der Waals surface area contributed by atoms with Gasteiger partial charge < -0.3 is 9.73 Å². The number of benzene rings is 2. The summed E-state index contributed by atoms with van der Waals surface area (Å²) in [7, 11) is -3.76. The number of sulfone groups is 1. The molecular weight excluding hydrogens is 374 g/mol. The molecule has 0 aliphatic rings. The van der Waals surface area contributed by atoms with Crippen LogP contribution in [0.15, 0.2) is 70.2 Å². The monoisotopic (exact) mass is 397 g/mol. The highest BCUT2D eigenvalue weighted by Gasteiger charge is 2.32. The van der Waals surface area contributed by atoms with E-state index >= 15 is 0 Å². The first-order valence-corrected chi connectivity index (χ1v) is 10.5. The molecule has 0 fully saturated rings. The summed E-state index contributed by atoms with van der Waals surface area (Å²) in [5.74, 6) is -0.0201. The second-order valence-electron chi connectivity index (χ2n) is 6.82. The zero-order valence-corrected chi connectivity index (χ0v) is 16.9. The maximum absolute atomic E-state index is 13.3. The van der Waals surface area contributed by atoms with Crippen molar-refractivity contribution in [3.05, 3.63) is 88.9 Å². The van der Waals surface area contributed by atoms with Gasteiger partial charge in [0.1, 0.15) is 11.0 Å². The van der Waals surface area contributed by atoms with Gasteiger partial charge in [0, 0.05) is 12.1 Å². The van der Waals surface area contributed by atoms with Gasteiger partial charge in [-0.05, 0) is 67.8 Å². The number of carbonyl (C=O) groups excluding carboxylic acids is 1. The van der Waals surface area contributed by atoms with E-state index in [-0.39, 0.29) is 17.3 Å². The average Bonchev–Trinajstić information content (AvgIpc) is 3.18. The molecule has 0 spiro atoms. The van der Waals surface area contributed by atoms with E-state index in [1.165, 1.54) is 6.26 Å². The molecule has 0 saturated carbocycles. The maximum atomic E-state index is 13.3. The molecule has 1 atom stereocenters. The number of hydrogen-bond acceptors (Lipinski definition) is 4. The van der Waals surface area contributed by atoms with Gasteiger partial charge in [0.15, 0.2) is 9.84 Å². The molecule has 0 aliphatic heterocycles. The predicted octanol–water partition coefficient (Wildman–Crippen LogP) is 4.15. The molecule has 1 N–H and O–H groups in total. The zero-order chi connectivity index (χ0) is 20.3. The van der Waals surface area contributed by atoms with Crippen molar-refractivity contribution in [3.8, 4) is 0 Å². The number of furan rings is 1. The molecule has 1 amide bonds. The summed E-state index contributed by atoms with van der Waals surface area (Å²) in [5, 5.41) is 1.74. The molecule has 28 heavy (non-hydrogen) atoms. The van der Waals surface area contributed by atoms with Gasteiger partial charge in [-0.15, -0.1) is 0 Å². The van der Waals surface area contributed by atoms with Crippen LogP contribution in [0.4, 0.5) is 0 Å². The van der Waals surface area contributed by atoms with Crippen LogP contribution in [0.3, 0.4) is 0 Å². The number of carbonyl (C=O) groups is 1. The van der Waals surface area contributed by atoms with Crippen LogP contribution in [0, 0.1) is 20.8 Å².